The first-order valence-corrected chi connectivity index (χ1v) is 9.97. The van der Waals surface area contributed by atoms with E-state index in [9.17, 15) is 19.5 Å². The number of benzene rings is 1. The maximum Gasteiger partial charge on any atom is 0.250 e. The Labute approximate surface area is 169 Å². The Balaban J connectivity index is 1.83. The number of aliphatic hydroxyl groups is 1. The number of hydrogen-bond acceptors (Lipinski definition) is 6. The number of likely N-dealkylation sites (tertiary alicyclic amines) is 1. The lowest BCUT2D eigenvalue weighted by Gasteiger charge is -2.30. The van der Waals surface area contributed by atoms with E-state index in [1.165, 1.54) is 4.90 Å². The topological polar surface area (TPSA) is 108 Å². The zero-order chi connectivity index (χ0) is 21.1. The highest BCUT2D eigenvalue weighted by atomic mass is 16.5. The number of ether oxygens (including phenoxy) is 1. The van der Waals surface area contributed by atoms with Crippen molar-refractivity contribution in [1.82, 2.24) is 10.2 Å². The van der Waals surface area contributed by atoms with Crippen LogP contribution in [0, 0.1) is 25.7 Å². The zero-order valence-corrected chi connectivity index (χ0v) is 17.1. The highest BCUT2D eigenvalue weighted by Crippen LogP contribution is 2.54. The van der Waals surface area contributed by atoms with E-state index in [-0.39, 0.29) is 24.3 Å². The van der Waals surface area contributed by atoms with Gasteiger partial charge in [-0.05, 0) is 38.3 Å². The van der Waals surface area contributed by atoms with Crippen molar-refractivity contribution >= 4 is 23.4 Å². The molecule has 0 aliphatic carbocycles. The molecule has 5 atom stereocenters. The van der Waals surface area contributed by atoms with Gasteiger partial charge in [-0.15, -0.1) is 0 Å². The molecular weight excluding hydrogens is 374 g/mol. The van der Waals surface area contributed by atoms with Gasteiger partial charge in [-0.2, -0.15) is 0 Å². The Morgan fingerprint density at radius 1 is 1.24 bits per heavy atom. The van der Waals surface area contributed by atoms with Crippen LogP contribution in [-0.4, -0.2) is 60.1 Å². The van der Waals surface area contributed by atoms with E-state index >= 15 is 0 Å². The van der Waals surface area contributed by atoms with Crippen LogP contribution in [0.15, 0.2) is 12.1 Å². The first kappa shape index (κ1) is 20.0. The normalized spacial score (nSPS) is 31.4. The fourth-order valence-corrected chi connectivity index (χ4v) is 5.11. The summed E-state index contributed by atoms with van der Waals surface area (Å²) in [6, 6.07) is 3.07. The molecule has 3 aliphatic rings. The third-order valence-corrected chi connectivity index (χ3v) is 6.70. The van der Waals surface area contributed by atoms with Gasteiger partial charge in [0.2, 0.25) is 17.7 Å². The van der Waals surface area contributed by atoms with Crippen LogP contribution in [0.3, 0.4) is 0 Å². The van der Waals surface area contributed by atoms with Crippen molar-refractivity contribution in [2.45, 2.75) is 44.9 Å². The lowest BCUT2D eigenvalue weighted by molar-refractivity contribution is -0.143. The second-order valence-electron chi connectivity index (χ2n) is 8.28. The van der Waals surface area contributed by atoms with Crippen LogP contribution in [0.5, 0.6) is 0 Å². The Kier molecular flexibility index (Phi) is 4.76. The van der Waals surface area contributed by atoms with Crippen molar-refractivity contribution in [3.8, 4) is 0 Å². The number of aliphatic hydroxyl groups excluding tert-OH is 1. The smallest absolute Gasteiger partial charge is 0.250 e. The average Bonchev–Trinajstić information content (AvgIpc) is 3.26. The first-order chi connectivity index (χ1) is 13.8. The number of fused-ring (bicyclic) bond motifs is 4. The number of aryl methyl sites for hydroxylation is 1. The second kappa shape index (κ2) is 6.90. The van der Waals surface area contributed by atoms with Gasteiger partial charge in [0.15, 0.2) is 0 Å². The van der Waals surface area contributed by atoms with Crippen LogP contribution >= 0.6 is 0 Å². The Morgan fingerprint density at radius 3 is 2.62 bits per heavy atom. The molecule has 1 aromatic rings. The van der Waals surface area contributed by atoms with Crippen molar-refractivity contribution in [3.63, 3.8) is 0 Å². The van der Waals surface area contributed by atoms with Crippen LogP contribution in [0.1, 0.15) is 30.0 Å². The minimum atomic E-state index is -1.36. The predicted octanol–water partition coefficient (Wildman–Crippen LogP) is 0.441. The molecule has 3 aliphatic heterocycles. The fraction of sp³-hybridized carbons (Fsp3) is 0.571. The summed E-state index contributed by atoms with van der Waals surface area (Å²) in [4.78, 5) is 41.1. The summed E-state index contributed by atoms with van der Waals surface area (Å²) in [7, 11) is 1.56. The van der Waals surface area contributed by atoms with Crippen molar-refractivity contribution in [1.29, 1.82) is 0 Å². The standard InChI is InChI=1S/C21H27N3O5/c1-10-6-7-13-16(11(10)2)22-20(28)21(13)15-14(17(23-21)12(3)25)18(26)24(19(15)27)8-5-9-29-4/h6-7,12,14-15,17,23,25H,5,8-9H2,1-4H3,(H,22,28). The second-order valence-corrected chi connectivity index (χ2v) is 8.28. The van der Waals surface area contributed by atoms with Gasteiger partial charge in [-0.25, -0.2) is 0 Å². The molecule has 2 saturated heterocycles. The minimum absolute atomic E-state index is 0.239. The summed E-state index contributed by atoms with van der Waals surface area (Å²) in [5, 5.41) is 16.5. The van der Waals surface area contributed by atoms with Crippen LogP contribution in [0.25, 0.3) is 0 Å². The van der Waals surface area contributed by atoms with Crippen molar-refractivity contribution < 1.29 is 24.2 Å². The molecular formula is C21H27N3O5. The van der Waals surface area contributed by atoms with E-state index in [2.05, 4.69) is 10.6 Å². The van der Waals surface area contributed by atoms with E-state index in [1.807, 2.05) is 26.0 Å². The van der Waals surface area contributed by atoms with E-state index in [1.54, 1.807) is 14.0 Å². The van der Waals surface area contributed by atoms with E-state index < -0.39 is 29.5 Å². The average molecular weight is 401 g/mol. The number of imide groups is 1. The largest absolute Gasteiger partial charge is 0.392 e. The van der Waals surface area contributed by atoms with Crippen LogP contribution < -0.4 is 10.6 Å². The Hall–Kier alpha value is -2.29. The van der Waals surface area contributed by atoms with E-state index in [4.69, 9.17) is 4.74 Å². The summed E-state index contributed by atoms with van der Waals surface area (Å²) in [6.07, 6.45) is -0.380. The fourth-order valence-electron chi connectivity index (χ4n) is 5.11. The van der Waals surface area contributed by atoms with Gasteiger partial charge < -0.3 is 15.2 Å². The molecule has 1 spiro atoms. The highest BCUT2D eigenvalue weighted by molar-refractivity contribution is 6.15. The van der Waals surface area contributed by atoms with Crippen LogP contribution in [-0.2, 0) is 24.7 Å². The third kappa shape index (κ3) is 2.59. The number of nitrogens with one attached hydrogen (secondary N) is 2. The quantitative estimate of drug-likeness (QED) is 0.488. The molecule has 8 heteroatoms. The predicted molar refractivity (Wildman–Crippen MR) is 105 cm³/mol. The number of nitrogens with zero attached hydrogens (tertiary/aromatic N) is 1. The lowest BCUT2D eigenvalue weighted by atomic mass is 9.76. The molecule has 3 N–H and O–H groups in total. The van der Waals surface area contributed by atoms with Gasteiger partial charge in [0, 0.05) is 37.6 Å². The Morgan fingerprint density at radius 2 is 1.97 bits per heavy atom. The molecule has 1 aromatic carbocycles. The molecule has 0 bridgehead atoms. The number of hydrogen-bond donors (Lipinski definition) is 3. The Bertz CT molecular complexity index is 899. The van der Waals surface area contributed by atoms with Crippen molar-refractivity contribution in [3.05, 3.63) is 28.8 Å². The number of methoxy groups -OCH3 is 1. The molecule has 0 saturated carbocycles. The summed E-state index contributed by atoms with van der Waals surface area (Å²) in [6.45, 7) is 6.12. The number of rotatable bonds is 5. The first-order valence-electron chi connectivity index (χ1n) is 9.97. The van der Waals surface area contributed by atoms with Gasteiger partial charge in [-0.3, -0.25) is 24.6 Å². The van der Waals surface area contributed by atoms with Crippen LogP contribution in [0.2, 0.25) is 0 Å². The molecule has 156 valence electrons. The van der Waals surface area contributed by atoms with E-state index in [0.29, 0.717) is 24.3 Å². The number of amides is 3. The maximum atomic E-state index is 13.4. The van der Waals surface area contributed by atoms with Crippen LogP contribution in [0.4, 0.5) is 5.69 Å². The third-order valence-electron chi connectivity index (χ3n) is 6.70. The highest BCUT2D eigenvalue weighted by Gasteiger charge is 2.71. The minimum Gasteiger partial charge on any atom is -0.392 e. The van der Waals surface area contributed by atoms with Gasteiger partial charge in [0.05, 0.1) is 17.9 Å². The summed E-state index contributed by atoms with van der Waals surface area (Å²) in [5.41, 5.74) is 1.95. The zero-order valence-electron chi connectivity index (χ0n) is 17.1. The molecule has 4 rings (SSSR count). The lowest BCUT2D eigenvalue weighted by Crippen LogP contribution is -2.54. The number of anilines is 1. The monoisotopic (exact) mass is 401 g/mol. The van der Waals surface area contributed by atoms with Gasteiger partial charge in [0.25, 0.3) is 0 Å². The van der Waals surface area contributed by atoms with Crippen molar-refractivity contribution in [2.75, 3.05) is 25.6 Å². The maximum absolute atomic E-state index is 13.4. The molecule has 0 radical (unpaired) electrons. The molecule has 2 fully saturated rings. The van der Waals surface area contributed by atoms with E-state index in [0.717, 1.165) is 11.1 Å². The van der Waals surface area contributed by atoms with Gasteiger partial charge in [0.1, 0.15) is 5.54 Å². The summed E-state index contributed by atoms with van der Waals surface area (Å²) in [5.74, 6) is -2.73. The van der Waals surface area contributed by atoms with Gasteiger partial charge >= 0.3 is 0 Å². The van der Waals surface area contributed by atoms with Crippen molar-refractivity contribution in [2.24, 2.45) is 11.8 Å². The molecule has 8 nitrogen and oxygen atoms in total. The summed E-state index contributed by atoms with van der Waals surface area (Å²) < 4.78 is 5.04. The molecule has 5 unspecified atom stereocenters. The molecule has 29 heavy (non-hydrogen) atoms. The number of carbonyl (C=O) groups is 3. The molecule has 0 aromatic heterocycles. The van der Waals surface area contributed by atoms with Gasteiger partial charge in [-0.1, -0.05) is 12.1 Å². The molecule has 3 heterocycles. The summed E-state index contributed by atoms with van der Waals surface area (Å²) >= 11 is 0. The SMILES string of the molecule is COCCCN1C(=O)C2C(C(C)O)NC3(C(=O)Nc4c3ccc(C)c4C)C2C1=O. The molecule has 3 amide bonds. The number of carbonyl (C=O) groups excluding carboxylic acids is 3.